The second kappa shape index (κ2) is 8.58. The van der Waals surface area contributed by atoms with Crippen LogP contribution in [0.15, 0.2) is 60.7 Å². The van der Waals surface area contributed by atoms with E-state index < -0.39 is 18.1 Å². The van der Waals surface area contributed by atoms with Crippen molar-refractivity contribution >= 4 is 12.1 Å². The minimum absolute atomic E-state index is 0.202. The van der Waals surface area contributed by atoms with Crippen LogP contribution in [0.5, 0.6) is 0 Å². The van der Waals surface area contributed by atoms with Gasteiger partial charge in [0.05, 0.1) is 6.61 Å². The summed E-state index contributed by atoms with van der Waals surface area (Å²) in [5.74, 6) is -1.09. The number of carbonyl (C=O) groups excluding carboxylic acids is 1. The molecule has 0 aromatic heterocycles. The smallest absolute Gasteiger partial charge is 0.407 e. The number of carbonyl (C=O) groups is 2. The number of amides is 1. The molecule has 0 spiro atoms. The number of hydrogen-bond donors (Lipinski definition) is 2. The van der Waals surface area contributed by atoms with E-state index in [0.717, 1.165) is 11.1 Å². The molecule has 120 valence electrons. The van der Waals surface area contributed by atoms with Crippen molar-refractivity contribution in [2.45, 2.75) is 18.9 Å². The van der Waals surface area contributed by atoms with Crippen LogP contribution in [-0.4, -0.2) is 29.8 Å². The number of alkyl carbamates (subject to hydrolysis) is 1. The van der Waals surface area contributed by atoms with E-state index in [1.165, 1.54) is 0 Å². The molecule has 0 aliphatic rings. The topological polar surface area (TPSA) is 75.6 Å². The quantitative estimate of drug-likeness (QED) is 0.824. The van der Waals surface area contributed by atoms with Crippen LogP contribution in [0.1, 0.15) is 11.1 Å². The zero-order valence-electron chi connectivity index (χ0n) is 12.6. The van der Waals surface area contributed by atoms with Crippen LogP contribution in [0.25, 0.3) is 0 Å². The second-order valence-corrected chi connectivity index (χ2v) is 5.10. The van der Waals surface area contributed by atoms with Crippen molar-refractivity contribution in [1.29, 1.82) is 0 Å². The molecule has 5 nitrogen and oxygen atoms in total. The maximum Gasteiger partial charge on any atom is 0.407 e. The fourth-order valence-electron chi connectivity index (χ4n) is 2.14. The van der Waals surface area contributed by atoms with Crippen molar-refractivity contribution in [3.05, 3.63) is 71.8 Å². The molecule has 0 heterocycles. The van der Waals surface area contributed by atoms with E-state index in [4.69, 9.17) is 4.74 Å². The third-order valence-electron chi connectivity index (χ3n) is 3.34. The summed E-state index contributed by atoms with van der Waals surface area (Å²) in [6, 6.07) is 17.7. The van der Waals surface area contributed by atoms with Crippen LogP contribution >= 0.6 is 0 Å². The van der Waals surface area contributed by atoms with E-state index >= 15 is 0 Å². The fourth-order valence-corrected chi connectivity index (χ4v) is 2.14. The molecular formula is C18H19NO4. The summed E-state index contributed by atoms with van der Waals surface area (Å²) in [4.78, 5) is 23.0. The molecule has 1 amide bonds. The van der Waals surface area contributed by atoms with E-state index in [-0.39, 0.29) is 13.0 Å². The van der Waals surface area contributed by atoms with Crippen molar-refractivity contribution in [3.8, 4) is 0 Å². The number of hydrogen-bond acceptors (Lipinski definition) is 3. The van der Waals surface area contributed by atoms with E-state index in [9.17, 15) is 14.7 Å². The zero-order valence-corrected chi connectivity index (χ0v) is 12.6. The highest BCUT2D eigenvalue weighted by Crippen LogP contribution is 2.04. The first kappa shape index (κ1) is 16.5. The summed E-state index contributed by atoms with van der Waals surface area (Å²) in [5.41, 5.74) is 1.89. The Kier molecular flexibility index (Phi) is 6.17. The molecule has 2 aromatic rings. The first-order chi connectivity index (χ1) is 11.1. The van der Waals surface area contributed by atoms with Crippen molar-refractivity contribution < 1.29 is 19.4 Å². The van der Waals surface area contributed by atoms with E-state index in [1.54, 1.807) is 0 Å². The van der Waals surface area contributed by atoms with E-state index in [1.807, 2.05) is 60.7 Å². The second-order valence-electron chi connectivity index (χ2n) is 5.10. The largest absolute Gasteiger partial charge is 0.480 e. The number of carboxylic acid groups (broad SMARTS) is 1. The summed E-state index contributed by atoms with van der Waals surface area (Å²) >= 11 is 0. The maximum atomic E-state index is 11.7. The van der Waals surface area contributed by atoms with E-state index in [0.29, 0.717) is 6.42 Å². The summed E-state index contributed by atoms with van der Waals surface area (Å²) in [6.07, 6.45) is 0.0820. The summed E-state index contributed by atoms with van der Waals surface area (Å²) in [5, 5.41) is 11.6. The molecule has 0 aliphatic carbocycles. The predicted octanol–water partition coefficient (Wildman–Crippen LogP) is 2.65. The molecule has 1 atom stereocenters. The lowest BCUT2D eigenvalue weighted by Gasteiger charge is -2.14. The van der Waals surface area contributed by atoms with Gasteiger partial charge in [-0.05, 0) is 11.1 Å². The fraction of sp³-hybridized carbons (Fsp3) is 0.222. The molecule has 0 radical (unpaired) electrons. The van der Waals surface area contributed by atoms with Crippen molar-refractivity contribution in [1.82, 2.24) is 5.32 Å². The Balaban J connectivity index is 1.80. The average molecular weight is 313 g/mol. The summed E-state index contributed by atoms with van der Waals surface area (Å²) < 4.78 is 5.05. The normalized spacial score (nSPS) is 11.5. The molecular weight excluding hydrogens is 294 g/mol. The van der Waals surface area contributed by atoms with Crippen LogP contribution in [0.3, 0.4) is 0 Å². The van der Waals surface area contributed by atoms with Crippen molar-refractivity contribution in [2.24, 2.45) is 0 Å². The van der Waals surface area contributed by atoms with Gasteiger partial charge in [0.15, 0.2) is 0 Å². The molecule has 0 fully saturated rings. The highest BCUT2D eigenvalue weighted by molar-refractivity contribution is 5.80. The van der Waals surface area contributed by atoms with Gasteiger partial charge in [0, 0.05) is 12.8 Å². The lowest BCUT2D eigenvalue weighted by molar-refractivity contribution is -0.139. The molecule has 0 aliphatic heterocycles. The van der Waals surface area contributed by atoms with Crippen LogP contribution < -0.4 is 5.32 Å². The summed E-state index contributed by atoms with van der Waals surface area (Å²) in [6.45, 7) is 0.202. The molecule has 5 heteroatoms. The number of rotatable bonds is 7. The third-order valence-corrected chi connectivity index (χ3v) is 3.34. The van der Waals surface area contributed by atoms with Crippen LogP contribution in [0.4, 0.5) is 4.79 Å². The SMILES string of the molecule is O=C(NC(Cc1ccccc1)C(=O)O)OCCc1ccccc1. The Labute approximate surface area is 134 Å². The number of nitrogens with one attached hydrogen (secondary N) is 1. The van der Waals surface area contributed by atoms with E-state index in [2.05, 4.69) is 5.32 Å². The van der Waals surface area contributed by atoms with Gasteiger partial charge < -0.3 is 15.2 Å². The lowest BCUT2D eigenvalue weighted by atomic mass is 10.1. The van der Waals surface area contributed by atoms with Gasteiger partial charge in [0.1, 0.15) is 6.04 Å². The number of carboxylic acids is 1. The summed E-state index contributed by atoms with van der Waals surface area (Å²) in [7, 11) is 0. The van der Waals surface area contributed by atoms with Gasteiger partial charge in [-0.25, -0.2) is 9.59 Å². The van der Waals surface area contributed by atoms with Crippen molar-refractivity contribution in [2.75, 3.05) is 6.61 Å². The minimum Gasteiger partial charge on any atom is -0.480 e. The molecule has 2 aromatic carbocycles. The van der Waals surface area contributed by atoms with Crippen LogP contribution in [-0.2, 0) is 22.4 Å². The molecule has 2 N–H and O–H groups in total. The Morgan fingerprint density at radius 3 is 2.09 bits per heavy atom. The monoisotopic (exact) mass is 313 g/mol. The number of ether oxygens (including phenoxy) is 1. The molecule has 0 saturated heterocycles. The minimum atomic E-state index is -1.09. The Morgan fingerprint density at radius 1 is 0.957 bits per heavy atom. The van der Waals surface area contributed by atoms with Crippen LogP contribution in [0, 0.1) is 0 Å². The van der Waals surface area contributed by atoms with Gasteiger partial charge in [-0.3, -0.25) is 0 Å². The van der Waals surface area contributed by atoms with Gasteiger partial charge in [-0.1, -0.05) is 60.7 Å². The van der Waals surface area contributed by atoms with Gasteiger partial charge in [0.2, 0.25) is 0 Å². The van der Waals surface area contributed by atoms with Crippen molar-refractivity contribution in [3.63, 3.8) is 0 Å². The lowest BCUT2D eigenvalue weighted by Crippen LogP contribution is -2.42. The molecule has 0 saturated carbocycles. The third kappa shape index (κ3) is 5.82. The Morgan fingerprint density at radius 2 is 1.52 bits per heavy atom. The first-order valence-corrected chi connectivity index (χ1v) is 7.39. The zero-order chi connectivity index (χ0) is 16.5. The Hall–Kier alpha value is -2.82. The highest BCUT2D eigenvalue weighted by atomic mass is 16.5. The standard InChI is InChI=1S/C18H19NO4/c20-17(21)16(13-15-9-5-2-6-10-15)19-18(22)23-12-11-14-7-3-1-4-8-14/h1-10,16H,11-13H2,(H,19,22)(H,20,21). The number of benzene rings is 2. The highest BCUT2D eigenvalue weighted by Gasteiger charge is 2.20. The molecule has 1 unspecified atom stereocenters. The van der Waals surface area contributed by atoms with Crippen LogP contribution in [0.2, 0.25) is 0 Å². The Bertz CT molecular complexity index is 628. The first-order valence-electron chi connectivity index (χ1n) is 7.39. The van der Waals surface area contributed by atoms with Gasteiger partial charge in [-0.15, -0.1) is 0 Å². The van der Waals surface area contributed by atoms with Gasteiger partial charge in [-0.2, -0.15) is 0 Å². The number of aliphatic carboxylic acids is 1. The van der Waals surface area contributed by atoms with Gasteiger partial charge >= 0.3 is 12.1 Å². The average Bonchev–Trinajstić information content (AvgIpc) is 2.56. The molecule has 0 bridgehead atoms. The predicted molar refractivity (Wildman–Crippen MR) is 86.2 cm³/mol. The maximum absolute atomic E-state index is 11.7. The van der Waals surface area contributed by atoms with Gasteiger partial charge in [0.25, 0.3) is 0 Å². The molecule has 2 rings (SSSR count). The molecule has 23 heavy (non-hydrogen) atoms.